The molecule has 3 aromatic rings. The van der Waals surface area contributed by atoms with Crippen molar-refractivity contribution in [2.45, 2.75) is 32.1 Å². The van der Waals surface area contributed by atoms with Crippen LogP contribution in [0, 0.1) is 0 Å². The zero-order chi connectivity index (χ0) is 19.6. The van der Waals surface area contributed by atoms with Gasteiger partial charge in [0, 0.05) is 24.1 Å². The van der Waals surface area contributed by atoms with Gasteiger partial charge in [0.25, 0.3) is 0 Å². The number of aryl methyl sites for hydroxylation is 1. The van der Waals surface area contributed by atoms with Crippen LogP contribution in [0.5, 0.6) is 0 Å². The molecule has 2 aromatic heterocycles. The quantitative estimate of drug-likeness (QED) is 0.650. The molecule has 1 atom stereocenters. The van der Waals surface area contributed by atoms with Gasteiger partial charge in [0.05, 0.1) is 17.3 Å². The first-order valence-electron chi connectivity index (χ1n) is 8.76. The third kappa shape index (κ3) is 4.24. The van der Waals surface area contributed by atoms with Crippen molar-refractivity contribution in [3.05, 3.63) is 63.9 Å². The number of hydrogen-bond donors (Lipinski definition) is 1. The molecule has 1 aromatic carbocycles. The highest BCUT2D eigenvalue weighted by molar-refractivity contribution is 9.10. The highest BCUT2D eigenvalue weighted by atomic mass is 79.9. The number of benzene rings is 1. The van der Waals surface area contributed by atoms with Gasteiger partial charge >= 0.3 is 0 Å². The molecule has 0 saturated carbocycles. The van der Waals surface area contributed by atoms with Crippen molar-refractivity contribution in [1.82, 2.24) is 20.0 Å². The van der Waals surface area contributed by atoms with Crippen molar-refractivity contribution in [2.24, 2.45) is 12.8 Å². The van der Waals surface area contributed by atoms with Crippen LogP contribution in [-0.2, 0) is 18.3 Å². The Bertz CT molecular complexity index is 932. The van der Waals surface area contributed by atoms with Crippen LogP contribution in [0.25, 0.3) is 11.4 Å². The SMILES string of the molecule is CC(C)c1ccc([C@H](Cc2nnn(C)c2-c2ccc(Br)cn2)C(N)=O)cc1. The Morgan fingerprint density at radius 2 is 1.81 bits per heavy atom. The number of primary amides is 1. The molecule has 0 spiro atoms. The second-order valence-corrected chi connectivity index (χ2v) is 7.77. The molecule has 140 valence electrons. The van der Waals surface area contributed by atoms with Gasteiger partial charge in [0.2, 0.25) is 5.91 Å². The zero-order valence-electron chi connectivity index (χ0n) is 15.6. The van der Waals surface area contributed by atoms with Crippen LogP contribution in [-0.4, -0.2) is 25.9 Å². The van der Waals surface area contributed by atoms with Gasteiger partial charge in [0.1, 0.15) is 5.69 Å². The molecule has 0 saturated heterocycles. The molecule has 6 nitrogen and oxygen atoms in total. The molecule has 0 aliphatic heterocycles. The van der Waals surface area contributed by atoms with Crippen LogP contribution in [0.2, 0.25) is 0 Å². The average molecular weight is 428 g/mol. The number of nitrogens with two attached hydrogens (primary N) is 1. The van der Waals surface area contributed by atoms with Crippen LogP contribution in [0.15, 0.2) is 47.1 Å². The minimum absolute atomic E-state index is 0.372. The lowest BCUT2D eigenvalue weighted by Crippen LogP contribution is -2.23. The molecule has 0 radical (unpaired) electrons. The molecule has 0 unspecified atom stereocenters. The summed E-state index contributed by atoms with van der Waals surface area (Å²) in [5.74, 6) is -0.425. The van der Waals surface area contributed by atoms with Crippen molar-refractivity contribution >= 4 is 21.8 Å². The molecule has 0 aliphatic carbocycles. The zero-order valence-corrected chi connectivity index (χ0v) is 17.1. The summed E-state index contributed by atoms with van der Waals surface area (Å²) in [6.07, 6.45) is 2.10. The van der Waals surface area contributed by atoms with Gasteiger partial charge in [-0.25, -0.2) is 4.68 Å². The summed E-state index contributed by atoms with van der Waals surface area (Å²) < 4.78 is 2.56. The first-order valence-corrected chi connectivity index (χ1v) is 9.55. The Morgan fingerprint density at radius 3 is 2.37 bits per heavy atom. The molecule has 27 heavy (non-hydrogen) atoms. The van der Waals surface area contributed by atoms with E-state index in [-0.39, 0.29) is 5.91 Å². The molecule has 2 heterocycles. The number of pyridine rings is 1. The van der Waals surface area contributed by atoms with E-state index in [1.54, 1.807) is 10.9 Å². The molecular formula is C20H22BrN5O. The predicted molar refractivity (Wildman–Crippen MR) is 108 cm³/mol. The number of amides is 1. The maximum absolute atomic E-state index is 12.2. The lowest BCUT2D eigenvalue weighted by Gasteiger charge is -2.15. The molecule has 3 rings (SSSR count). The number of nitrogens with zero attached hydrogens (tertiary/aromatic N) is 4. The summed E-state index contributed by atoms with van der Waals surface area (Å²) in [7, 11) is 1.81. The Labute approximate surface area is 166 Å². The molecule has 2 N–H and O–H groups in total. The number of aromatic nitrogens is 4. The summed E-state index contributed by atoms with van der Waals surface area (Å²) >= 11 is 3.39. The highest BCUT2D eigenvalue weighted by Crippen LogP contribution is 2.27. The van der Waals surface area contributed by atoms with Crippen molar-refractivity contribution in [1.29, 1.82) is 0 Å². The molecule has 0 aliphatic rings. The Kier molecular flexibility index (Phi) is 5.70. The van der Waals surface area contributed by atoms with Gasteiger partial charge < -0.3 is 5.73 Å². The van der Waals surface area contributed by atoms with E-state index < -0.39 is 5.92 Å². The van der Waals surface area contributed by atoms with Gasteiger partial charge in [-0.3, -0.25) is 9.78 Å². The van der Waals surface area contributed by atoms with E-state index in [2.05, 4.69) is 45.1 Å². The standard InChI is InChI=1S/C20H22BrN5O/c1-12(2)13-4-6-14(7-5-13)16(20(22)27)10-18-19(26(3)25-24-18)17-9-8-15(21)11-23-17/h4-9,11-12,16H,10H2,1-3H3,(H2,22,27)/t16-/m0/s1. The largest absolute Gasteiger partial charge is 0.369 e. The third-order valence-corrected chi connectivity index (χ3v) is 5.08. The van der Waals surface area contributed by atoms with Gasteiger partial charge in [-0.1, -0.05) is 43.3 Å². The van der Waals surface area contributed by atoms with E-state index >= 15 is 0 Å². The number of halogens is 1. The Balaban J connectivity index is 1.94. The Morgan fingerprint density at radius 1 is 1.15 bits per heavy atom. The van der Waals surface area contributed by atoms with E-state index in [1.807, 2.05) is 43.4 Å². The second-order valence-electron chi connectivity index (χ2n) is 6.85. The molecule has 7 heteroatoms. The second kappa shape index (κ2) is 8.00. The number of carbonyl (C=O) groups is 1. The van der Waals surface area contributed by atoms with E-state index in [1.165, 1.54) is 5.56 Å². The van der Waals surface area contributed by atoms with Crippen LogP contribution in [0.3, 0.4) is 0 Å². The third-order valence-electron chi connectivity index (χ3n) is 4.61. The van der Waals surface area contributed by atoms with Crippen LogP contribution in [0.1, 0.15) is 42.5 Å². The van der Waals surface area contributed by atoms with Gasteiger partial charge in [-0.05, 0) is 45.1 Å². The van der Waals surface area contributed by atoms with Gasteiger partial charge in [0.15, 0.2) is 0 Å². The predicted octanol–water partition coefficient (Wildman–Crippen LogP) is 3.57. The van der Waals surface area contributed by atoms with Gasteiger partial charge in [-0.2, -0.15) is 0 Å². The lowest BCUT2D eigenvalue weighted by molar-refractivity contribution is -0.119. The van der Waals surface area contributed by atoms with Crippen molar-refractivity contribution < 1.29 is 4.79 Å². The summed E-state index contributed by atoms with van der Waals surface area (Å²) in [6.45, 7) is 4.27. The van der Waals surface area contributed by atoms with E-state index in [0.29, 0.717) is 18.0 Å². The first kappa shape index (κ1) is 19.2. The van der Waals surface area contributed by atoms with Crippen LogP contribution >= 0.6 is 15.9 Å². The fourth-order valence-electron chi connectivity index (χ4n) is 3.06. The topological polar surface area (TPSA) is 86.7 Å². The average Bonchev–Trinajstić information content (AvgIpc) is 3.00. The fourth-order valence-corrected chi connectivity index (χ4v) is 3.29. The van der Waals surface area contributed by atoms with Crippen molar-refractivity contribution in [3.63, 3.8) is 0 Å². The Hall–Kier alpha value is -2.54. The van der Waals surface area contributed by atoms with E-state index in [0.717, 1.165) is 21.4 Å². The molecule has 1 amide bonds. The summed E-state index contributed by atoms with van der Waals surface area (Å²) in [6, 6.07) is 11.8. The van der Waals surface area contributed by atoms with Crippen molar-refractivity contribution in [2.75, 3.05) is 0 Å². The van der Waals surface area contributed by atoms with Crippen LogP contribution < -0.4 is 5.73 Å². The fraction of sp³-hybridized carbons (Fsp3) is 0.300. The summed E-state index contributed by atoms with van der Waals surface area (Å²) in [5.41, 5.74) is 10.1. The van der Waals surface area contributed by atoms with Gasteiger partial charge in [-0.15, -0.1) is 5.10 Å². The minimum Gasteiger partial charge on any atom is -0.369 e. The minimum atomic E-state index is -0.475. The maximum atomic E-state index is 12.2. The molecular weight excluding hydrogens is 406 g/mol. The first-order chi connectivity index (χ1) is 12.9. The summed E-state index contributed by atoms with van der Waals surface area (Å²) in [4.78, 5) is 16.6. The molecule has 0 bridgehead atoms. The van der Waals surface area contributed by atoms with Crippen LogP contribution in [0.4, 0.5) is 0 Å². The van der Waals surface area contributed by atoms with E-state index in [4.69, 9.17) is 5.73 Å². The molecule has 0 fully saturated rings. The lowest BCUT2D eigenvalue weighted by atomic mass is 9.90. The van der Waals surface area contributed by atoms with Crippen molar-refractivity contribution in [3.8, 4) is 11.4 Å². The normalized spacial score (nSPS) is 12.3. The maximum Gasteiger partial charge on any atom is 0.225 e. The number of hydrogen-bond acceptors (Lipinski definition) is 4. The summed E-state index contributed by atoms with van der Waals surface area (Å²) in [5, 5.41) is 8.38. The number of rotatable bonds is 6. The van der Waals surface area contributed by atoms with E-state index in [9.17, 15) is 4.79 Å². The monoisotopic (exact) mass is 427 g/mol. The smallest absolute Gasteiger partial charge is 0.225 e. The number of carbonyl (C=O) groups excluding carboxylic acids is 1. The highest BCUT2D eigenvalue weighted by Gasteiger charge is 2.24.